The second-order valence-corrected chi connectivity index (χ2v) is 1.35. The van der Waals surface area contributed by atoms with E-state index in [1.54, 1.807) is 0 Å². The lowest BCUT2D eigenvalue weighted by molar-refractivity contribution is 0.136. The minimum absolute atomic E-state index is 1.56. The predicted octanol–water partition coefficient (Wildman–Crippen LogP) is 0.475. The fraction of sp³-hybridized carbons (Fsp3) is 1.00. The highest BCUT2D eigenvalue weighted by Gasteiger charge is 2.53. The second-order valence-electron chi connectivity index (χ2n) is 1.35. The van der Waals surface area contributed by atoms with Gasteiger partial charge in [-0.2, -0.15) is 0 Å². The Labute approximate surface area is 33.6 Å². The minimum atomic E-state index is -1.70. The Morgan fingerprint density at radius 2 is 1.33 bits per heavy atom. The maximum absolute atomic E-state index is 11.2. The molecule has 0 aliphatic heterocycles. The Kier molecular flexibility index (Phi) is 0.602. The fourth-order valence-corrected chi connectivity index (χ4v) is 0.216. The van der Waals surface area contributed by atoms with Crippen LogP contribution >= 0.6 is 0 Å². The van der Waals surface area contributed by atoms with E-state index in [1.807, 2.05) is 0 Å². The molecule has 2 atom stereocenters. The van der Waals surface area contributed by atoms with Crippen LogP contribution in [-0.4, -0.2) is 18.4 Å². The number of hydrogen-bond acceptors (Lipinski definition) is 0. The van der Waals surface area contributed by atoms with Crippen molar-refractivity contribution in [2.75, 3.05) is 0 Å². The van der Waals surface area contributed by atoms with Crippen molar-refractivity contribution in [3.63, 3.8) is 0 Å². The molecule has 3 heteroatoms. The van der Waals surface area contributed by atoms with Crippen LogP contribution in [0.3, 0.4) is 0 Å². The Morgan fingerprint density at radius 3 is 1.33 bits per heavy atom. The van der Waals surface area contributed by atoms with Crippen molar-refractivity contribution in [3.8, 4) is 0 Å². The zero-order valence-corrected chi connectivity index (χ0v) is 2.90. The van der Waals surface area contributed by atoms with E-state index in [0.29, 0.717) is 0 Å². The van der Waals surface area contributed by atoms with Crippen molar-refractivity contribution in [1.82, 2.24) is 0 Å². The largest absolute Gasteiger partial charge is 0.241 e. The van der Waals surface area contributed by atoms with Gasteiger partial charge in [-0.05, 0) is 0 Å². The zero-order chi connectivity index (χ0) is 4.73. The maximum atomic E-state index is 11.2. The van der Waals surface area contributed by atoms with Crippen molar-refractivity contribution >= 4 is 0 Å². The van der Waals surface area contributed by atoms with E-state index in [2.05, 4.69) is 0 Å². The number of halogens is 2. The van der Waals surface area contributed by atoms with Crippen molar-refractivity contribution in [1.29, 1.82) is 0 Å². The topological polar surface area (TPSA) is 19.9 Å². The highest BCUT2D eigenvalue weighted by Crippen LogP contribution is 2.29. The Balaban J connectivity index is 2.31. The Hall–Kier alpha value is -0.180. The monoisotopic (exact) mass is 93.0 g/mol. The molecule has 1 aliphatic carbocycles. The first-order valence-electron chi connectivity index (χ1n) is 1.67. The summed E-state index contributed by atoms with van der Waals surface area (Å²) in [5.74, 6) is 0. The van der Waals surface area contributed by atoms with Gasteiger partial charge >= 0.3 is 0 Å². The molecule has 0 saturated heterocycles. The maximum Gasteiger partial charge on any atom is 0.166 e. The average Bonchev–Trinajstić information content (AvgIpc) is 1.94. The summed E-state index contributed by atoms with van der Waals surface area (Å²) in [5, 5.41) is 9.55. The summed E-state index contributed by atoms with van der Waals surface area (Å²) in [4.78, 5) is 0. The summed E-state index contributed by atoms with van der Waals surface area (Å²) < 4.78 is 22.4. The van der Waals surface area contributed by atoms with Crippen LogP contribution in [-0.2, 0) is 5.11 Å². The van der Waals surface area contributed by atoms with Crippen LogP contribution in [0.1, 0.15) is 0 Å². The second kappa shape index (κ2) is 0.904. The van der Waals surface area contributed by atoms with Crippen LogP contribution in [0.25, 0.3) is 0 Å². The number of rotatable bonds is 0. The summed E-state index contributed by atoms with van der Waals surface area (Å²) in [6.45, 7) is 0. The molecule has 6 heavy (non-hydrogen) atoms. The van der Waals surface area contributed by atoms with Crippen LogP contribution < -0.4 is 0 Å². The van der Waals surface area contributed by atoms with Gasteiger partial charge < -0.3 is 0 Å². The Morgan fingerprint density at radius 1 is 1.17 bits per heavy atom. The summed E-state index contributed by atoms with van der Waals surface area (Å²) >= 11 is 0. The van der Waals surface area contributed by atoms with Gasteiger partial charge in [-0.15, -0.1) is 0 Å². The molecule has 0 bridgehead atoms. The lowest BCUT2D eigenvalue weighted by Crippen LogP contribution is -1.76. The molecular formula is C3H3F2O. The Bertz CT molecular complexity index is 45.5. The molecular weight excluding hydrogens is 90.0 g/mol. The molecule has 0 aromatic heterocycles. The number of alkyl halides is 2. The third-order valence-electron chi connectivity index (χ3n) is 0.791. The lowest BCUT2D eigenvalue weighted by atomic mass is 10.8. The molecule has 0 amide bonds. The smallest absolute Gasteiger partial charge is 0.166 e. The van der Waals surface area contributed by atoms with E-state index < -0.39 is 18.4 Å². The van der Waals surface area contributed by atoms with Gasteiger partial charge in [0, 0.05) is 0 Å². The van der Waals surface area contributed by atoms with Gasteiger partial charge in [0.2, 0.25) is 0 Å². The molecule has 1 aliphatic rings. The molecule has 1 nitrogen and oxygen atoms in total. The highest BCUT2D eigenvalue weighted by molar-refractivity contribution is 4.98. The van der Waals surface area contributed by atoms with Gasteiger partial charge in [0.1, 0.15) is 0 Å². The van der Waals surface area contributed by atoms with Gasteiger partial charge in [0.15, 0.2) is 18.4 Å². The first-order valence-corrected chi connectivity index (χ1v) is 1.67. The quantitative estimate of drug-likeness (QED) is 0.415. The minimum Gasteiger partial charge on any atom is -0.241 e. The lowest BCUT2D eigenvalue weighted by Gasteiger charge is -1.58. The van der Waals surface area contributed by atoms with Crippen LogP contribution in [0.15, 0.2) is 0 Å². The van der Waals surface area contributed by atoms with E-state index in [1.165, 1.54) is 0 Å². The van der Waals surface area contributed by atoms with Gasteiger partial charge in [-0.25, -0.2) is 13.9 Å². The van der Waals surface area contributed by atoms with E-state index in [0.717, 1.165) is 0 Å². The molecule has 2 unspecified atom stereocenters. The van der Waals surface area contributed by atoms with E-state index in [-0.39, 0.29) is 0 Å². The molecule has 0 spiro atoms. The number of hydrogen-bond donors (Lipinski definition) is 0. The van der Waals surface area contributed by atoms with E-state index >= 15 is 0 Å². The van der Waals surface area contributed by atoms with Crippen molar-refractivity contribution in [2.24, 2.45) is 0 Å². The molecule has 1 radical (unpaired) electrons. The molecule has 1 fully saturated rings. The van der Waals surface area contributed by atoms with Crippen LogP contribution in [0.5, 0.6) is 0 Å². The standard InChI is InChI=1S/C3H3F2O/c4-1-2(5)3(1)6/h1-3H. The van der Waals surface area contributed by atoms with Gasteiger partial charge in [0.05, 0.1) is 0 Å². The van der Waals surface area contributed by atoms with Gasteiger partial charge in [-0.3, -0.25) is 0 Å². The molecule has 0 N–H and O–H groups in total. The average molecular weight is 93.1 g/mol. The molecule has 1 saturated carbocycles. The molecule has 1 rings (SSSR count). The first-order chi connectivity index (χ1) is 2.73. The summed E-state index contributed by atoms with van der Waals surface area (Å²) in [5.41, 5.74) is 0. The van der Waals surface area contributed by atoms with Crippen LogP contribution in [0.2, 0.25) is 0 Å². The molecule has 0 heterocycles. The van der Waals surface area contributed by atoms with Crippen molar-refractivity contribution in [3.05, 3.63) is 0 Å². The third kappa shape index (κ3) is 0.315. The van der Waals surface area contributed by atoms with Crippen LogP contribution in [0.4, 0.5) is 8.78 Å². The van der Waals surface area contributed by atoms with Crippen molar-refractivity contribution < 1.29 is 13.9 Å². The molecule has 0 aromatic carbocycles. The van der Waals surface area contributed by atoms with Crippen molar-refractivity contribution in [2.45, 2.75) is 18.4 Å². The van der Waals surface area contributed by atoms with Crippen LogP contribution in [0, 0.1) is 0 Å². The highest BCUT2D eigenvalue weighted by atomic mass is 19.2. The van der Waals surface area contributed by atoms with Gasteiger partial charge in [-0.1, -0.05) is 0 Å². The summed E-state index contributed by atoms with van der Waals surface area (Å²) in [6.07, 6.45) is -4.97. The fourth-order valence-electron chi connectivity index (χ4n) is 0.216. The zero-order valence-electron chi connectivity index (χ0n) is 2.90. The predicted molar refractivity (Wildman–Crippen MR) is 14.3 cm³/mol. The summed E-state index contributed by atoms with van der Waals surface area (Å²) in [7, 11) is 0. The molecule has 0 aromatic rings. The van der Waals surface area contributed by atoms with E-state index in [4.69, 9.17) is 0 Å². The van der Waals surface area contributed by atoms with Gasteiger partial charge in [0.25, 0.3) is 0 Å². The summed E-state index contributed by atoms with van der Waals surface area (Å²) in [6, 6.07) is 0. The normalized spacial score (nSPS) is 55.5. The molecule has 35 valence electrons. The third-order valence-corrected chi connectivity index (χ3v) is 0.791. The van der Waals surface area contributed by atoms with E-state index in [9.17, 15) is 13.9 Å². The SMILES string of the molecule is [O]C1C(F)C1F. The first kappa shape index (κ1) is 3.99.